The lowest BCUT2D eigenvalue weighted by molar-refractivity contribution is -0.123. The van der Waals surface area contributed by atoms with Gasteiger partial charge in [-0.15, -0.1) is 0 Å². The third-order valence-corrected chi connectivity index (χ3v) is 5.46. The van der Waals surface area contributed by atoms with E-state index in [-0.39, 0.29) is 24.3 Å². The third kappa shape index (κ3) is 3.30. The molecule has 2 saturated heterocycles. The first kappa shape index (κ1) is 17.6. The molecule has 0 aliphatic carbocycles. The summed E-state index contributed by atoms with van der Waals surface area (Å²) in [7, 11) is 0. The SMILES string of the molecule is Cc1ccc(N2C(=O)C[C@H](N3CCN(c4ncccn4)CC3)C2=O)cc1C. The Hall–Kier alpha value is -2.80. The van der Waals surface area contributed by atoms with Gasteiger partial charge in [0.1, 0.15) is 0 Å². The zero-order valence-electron chi connectivity index (χ0n) is 15.6. The second-order valence-corrected chi connectivity index (χ2v) is 7.13. The van der Waals surface area contributed by atoms with Crippen molar-refractivity contribution in [2.75, 3.05) is 36.0 Å². The third-order valence-electron chi connectivity index (χ3n) is 5.46. The molecule has 7 nitrogen and oxygen atoms in total. The molecule has 3 heterocycles. The Morgan fingerprint density at radius 1 is 0.963 bits per heavy atom. The average Bonchev–Trinajstić information content (AvgIpc) is 2.99. The van der Waals surface area contributed by atoms with Crippen molar-refractivity contribution in [1.82, 2.24) is 14.9 Å². The van der Waals surface area contributed by atoms with Crippen LogP contribution in [0.15, 0.2) is 36.7 Å². The summed E-state index contributed by atoms with van der Waals surface area (Å²) in [6.07, 6.45) is 3.71. The molecule has 4 rings (SSSR count). The van der Waals surface area contributed by atoms with E-state index in [1.165, 1.54) is 4.90 Å². The highest BCUT2D eigenvalue weighted by molar-refractivity contribution is 6.22. The Kier molecular flexibility index (Phi) is 4.61. The molecule has 0 bridgehead atoms. The number of hydrogen-bond donors (Lipinski definition) is 0. The largest absolute Gasteiger partial charge is 0.338 e. The van der Waals surface area contributed by atoms with Gasteiger partial charge in [-0.25, -0.2) is 14.9 Å². The Labute approximate surface area is 158 Å². The smallest absolute Gasteiger partial charge is 0.251 e. The maximum Gasteiger partial charge on any atom is 0.251 e. The van der Waals surface area contributed by atoms with E-state index in [1.54, 1.807) is 18.5 Å². The van der Waals surface area contributed by atoms with Crippen LogP contribution in [0.3, 0.4) is 0 Å². The first-order chi connectivity index (χ1) is 13.0. The lowest BCUT2D eigenvalue weighted by Gasteiger charge is -2.36. The summed E-state index contributed by atoms with van der Waals surface area (Å²) >= 11 is 0. The monoisotopic (exact) mass is 365 g/mol. The molecule has 2 aromatic rings. The lowest BCUT2D eigenvalue weighted by atomic mass is 10.1. The van der Waals surface area contributed by atoms with Crippen molar-refractivity contribution < 1.29 is 9.59 Å². The molecule has 1 aromatic carbocycles. The molecule has 140 valence electrons. The average molecular weight is 365 g/mol. The summed E-state index contributed by atoms with van der Waals surface area (Å²) in [6.45, 7) is 6.92. The fourth-order valence-electron chi connectivity index (χ4n) is 3.73. The molecule has 0 N–H and O–H groups in total. The van der Waals surface area contributed by atoms with Gasteiger partial charge in [-0.1, -0.05) is 6.07 Å². The summed E-state index contributed by atoms with van der Waals surface area (Å²) in [5.41, 5.74) is 2.90. The van der Waals surface area contributed by atoms with E-state index in [1.807, 2.05) is 32.0 Å². The Balaban J connectivity index is 1.45. The van der Waals surface area contributed by atoms with Crippen molar-refractivity contribution in [3.05, 3.63) is 47.8 Å². The number of benzene rings is 1. The molecule has 1 aromatic heterocycles. The van der Waals surface area contributed by atoms with Crippen LogP contribution in [0.4, 0.5) is 11.6 Å². The minimum Gasteiger partial charge on any atom is -0.338 e. The Bertz CT molecular complexity index is 862. The van der Waals surface area contributed by atoms with E-state index in [2.05, 4.69) is 19.8 Å². The van der Waals surface area contributed by atoms with Crippen LogP contribution in [0.25, 0.3) is 0 Å². The predicted octanol–water partition coefficient (Wildman–Crippen LogP) is 1.55. The molecular weight excluding hydrogens is 342 g/mol. The van der Waals surface area contributed by atoms with Gasteiger partial charge in [-0.2, -0.15) is 0 Å². The number of piperazine rings is 1. The zero-order valence-corrected chi connectivity index (χ0v) is 15.6. The van der Waals surface area contributed by atoms with E-state index < -0.39 is 0 Å². The van der Waals surface area contributed by atoms with Crippen LogP contribution in [-0.4, -0.2) is 58.9 Å². The van der Waals surface area contributed by atoms with Gasteiger partial charge in [-0.05, 0) is 43.2 Å². The molecule has 0 saturated carbocycles. The molecule has 0 radical (unpaired) electrons. The molecule has 27 heavy (non-hydrogen) atoms. The molecule has 7 heteroatoms. The van der Waals surface area contributed by atoms with Gasteiger partial charge in [0, 0.05) is 38.6 Å². The number of hydrogen-bond acceptors (Lipinski definition) is 6. The number of imide groups is 1. The second-order valence-electron chi connectivity index (χ2n) is 7.13. The van der Waals surface area contributed by atoms with Crippen LogP contribution < -0.4 is 9.80 Å². The van der Waals surface area contributed by atoms with E-state index in [9.17, 15) is 9.59 Å². The number of rotatable bonds is 3. The first-order valence-electron chi connectivity index (χ1n) is 9.24. The number of amides is 2. The number of anilines is 2. The van der Waals surface area contributed by atoms with Gasteiger partial charge in [-0.3, -0.25) is 14.5 Å². The molecule has 0 unspecified atom stereocenters. The van der Waals surface area contributed by atoms with Crippen molar-refractivity contribution in [3.8, 4) is 0 Å². The van der Waals surface area contributed by atoms with Crippen LogP contribution >= 0.6 is 0 Å². The molecular formula is C20H23N5O2. The van der Waals surface area contributed by atoms with Gasteiger partial charge < -0.3 is 4.90 Å². The maximum atomic E-state index is 13.0. The summed E-state index contributed by atoms with van der Waals surface area (Å²) in [5.74, 6) is 0.470. The number of aryl methyl sites for hydroxylation is 2. The van der Waals surface area contributed by atoms with E-state index in [0.29, 0.717) is 24.7 Å². The molecule has 2 amide bonds. The number of aromatic nitrogens is 2. The van der Waals surface area contributed by atoms with Crippen LogP contribution in [-0.2, 0) is 9.59 Å². The fourth-order valence-corrected chi connectivity index (χ4v) is 3.73. The van der Waals surface area contributed by atoms with Crippen molar-refractivity contribution in [3.63, 3.8) is 0 Å². The van der Waals surface area contributed by atoms with Crippen molar-refractivity contribution in [1.29, 1.82) is 0 Å². The highest BCUT2D eigenvalue weighted by Gasteiger charge is 2.43. The van der Waals surface area contributed by atoms with Crippen molar-refractivity contribution in [2.24, 2.45) is 0 Å². The summed E-state index contributed by atoms with van der Waals surface area (Å²) in [4.78, 5) is 39.7. The van der Waals surface area contributed by atoms with E-state index >= 15 is 0 Å². The van der Waals surface area contributed by atoms with E-state index in [4.69, 9.17) is 0 Å². The molecule has 1 atom stereocenters. The first-order valence-corrected chi connectivity index (χ1v) is 9.24. The molecule has 2 fully saturated rings. The predicted molar refractivity (Wildman–Crippen MR) is 103 cm³/mol. The van der Waals surface area contributed by atoms with Gasteiger partial charge in [0.2, 0.25) is 11.9 Å². The quantitative estimate of drug-likeness (QED) is 0.769. The van der Waals surface area contributed by atoms with Crippen molar-refractivity contribution in [2.45, 2.75) is 26.3 Å². The molecule has 2 aliphatic heterocycles. The number of carbonyl (C=O) groups excluding carboxylic acids is 2. The minimum absolute atomic E-state index is 0.118. The Morgan fingerprint density at radius 3 is 2.33 bits per heavy atom. The maximum absolute atomic E-state index is 13.0. The lowest BCUT2D eigenvalue weighted by Crippen LogP contribution is -2.53. The van der Waals surface area contributed by atoms with Crippen LogP contribution in [0, 0.1) is 13.8 Å². The van der Waals surface area contributed by atoms with Crippen LogP contribution in [0.5, 0.6) is 0 Å². The minimum atomic E-state index is -0.377. The van der Waals surface area contributed by atoms with E-state index in [0.717, 1.165) is 24.2 Å². The van der Waals surface area contributed by atoms with Crippen molar-refractivity contribution >= 4 is 23.5 Å². The topological polar surface area (TPSA) is 69.6 Å². The summed E-state index contributed by atoms with van der Waals surface area (Å²) in [6, 6.07) is 7.14. The van der Waals surface area contributed by atoms with Gasteiger partial charge in [0.05, 0.1) is 18.2 Å². The van der Waals surface area contributed by atoms with Gasteiger partial charge in [0.25, 0.3) is 5.91 Å². The molecule has 2 aliphatic rings. The zero-order chi connectivity index (χ0) is 19.0. The summed E-state index contributed by atoms with van der Waals surface area (Å²) in [5, 5.41) is 0. The second kappa shape index (κ2) is 7.08. The highest BCUT2D eigenvalue weighted by Crippen LogP contribution is 2.28. The molecule has 0 spiro atoms. The highest BCUT2D eigenvalue weighted by atomic mass is 16.2. The van der Waals surface area contributed by atoms with Crippen LogP contribution in [0.2, 0.25) is 0 Å². The standard InChI is InChI=1S/C20H23N5O2/c1-14-4-5-16(12-15(14)2)25-18(26)13-17(19(25)27)23-8-10-24(11-9-23)20-21-6-3-7-22-20/h3-7,12,17H,8-11,13H2,1-2H3/t17-/m0/s1. The Morgan fingerprint density at radius 2 is 1.67 bits per heavy atom. The van der Waals surface area contributed by atoms with Gasteiger partial charge in [0.15, 0.2) is 0 Å². The summed E-state index contributed by atoms with van der Waals surface area (Å²) < 4.78 is 0. The number of carbonyl (C=O) groups is 2. The van der Waals surface area contributed by atoms with Gasteiger partial charge >= 0.3 is 0 Å². The fraction of sp³-hybridized carbons (Fsp3) is 0.400. The van der Waals surface area contributed by atoms with Crippen LogP contribution in [0.1, 0.15) is 17.5 Å². The normalized spacial score (nSPS) is 21.2. The number of nitrogens with zero attached hydrogens (tertiary/aromatic N) is 5.